The maximum absolute atomic E-state index is 14.2. The van der Waals surface area contributed by atoms with Crippen molar-refractivity contribution in [3.05, 3.63) is 29.1 Å². The van der Waals surface area contributed by atoms with Crippen molar-refractivity contribution >= 4 is 5.91 Å². The largest absolute Gasteiger partial charge is 0.496 e. The lowest BCUT2D eigenvalue weighted by molar-refractivity contribution is -0.135. The Hall–Kier alpha value is -1.62. The zero-order valence-corrected chi connectivity index (χ0v) is 11.9. The Morgan fingerprint density at radius 3 is 2.95 bits per heavy atom. The van der Waals surface area contributed by atoms with Crippen LogP contribution < -0.4 is 4.74 Å². The van der Waals surface area contributed by atoms with Gasteiger partial charge in [0.1, 0.15) is 18.2 Å². The number of nitrogens with zero attached hydrogens (tertiary/aromatic N) is 1. The maximum atomic E-state index is 14.2. The Bertz CT molecular complexity index is 504. The number of methoxy groups -OCH3 is 1. The number of rotatable bonds is 3. The summed E-state index contributed by atoms with van der Waals surface area (Å²) >= 11 is 0. The molecule has 0 aromatic heterocycles. The van der Waals surface area contributed by atoms with Crippen LogP contribution in [-0.4, -0.2) is 42.7 Å². The van der Waals surface area contributed by atoms with Crippen LogP contribution in [0.3, 0.4) is 0 Å². The quantitative estimate of drug-likeness (QED) is 0.919. The third kappa shape index (κ3) is 2.93. The summed E-state index contributed by atoms with van der Waals surface area (Å²) in [5.74, 6) is -0.0784. The van der Waals surface area contributed by atoms with Crippen molar-refractivity contribution in [3.8, 4) is 5.75 Å². The average molecular weight is 281 g/mol. The number of halogens is 1. The molecular formula is C15H20FNO3. The summed E-state index contributed by atoms with van der Waals surface area (Å²) in [6.07, 6.45) is 1.67. The minimum Gasteiger partial charge on any atom is -0.496 e. The normalized spacial score (nSPS) is 19.0. The molecule has 1 heterocycles. The topological polar surface area (TPSA) is 49.8 Å². The van der Waals surface area contributed by atoms with Crippen molar-refractivity contribution in [2.75, 3.05) is 26.8 Å². The lowest BCUT2D eigenvalue weighted by Gasteiger charge is -2.33. The summed E-state index contributed by atoms with van der Waals surface area (Å²) < 4.78 is 19.3. The molecule has 5 heteroatoms. The zero-order chi connectivity index (χ0) is 14.7. The van der Waals surface area contributed by atoms with Gasteiger partial charge < -0.3 is 14.7 Å². The molecule has 0 bridgehead atoms. The van der Waals surface area contributed by atoms with E-state index in [1.54, 1.807) is 11.0 Å². The monoisotopic (exact) mass is 281 g/mol. The van der Waals surface area contributed by atoms with Crippen LogP contribution in [0.2, 0.25) is 0 Å². The summed E-state index contributed by atoms with van der Waals surface area (Å²) in [6.45, 7) is 2.48. The molecule has 0 aliphatic carbocycles. The third-order valence-corrected chi connectivity index (χ3v) is 3.86. The van der Waals surface area contributed by atoms with E-state index in [-0.39, 0.29) is 17.6 Å². The fourth-order valence-corrected chi connectivity index (χ4v) is 2.78. The van der Waals surface area contributed by atoms with Crippen LogP contribution in [0, 0.1) is 12.7 Å². The highest BCUT2D eigenvalue weighted by atomic mass is 19.1. The highest BCUT2D eigenvalue weighted by Gasteiger charge is 2.26. The number of benzene rings is 1. The standard InChI is InChI=1S/C15H20FNO3/c1-10-6-12(13(16)7-14(10)20-2)11-4-3-5-17(8-11)15(19)9-18/h6-7,11,18H,3-5,8-9H2,1-2H3. The Morgan fingerprint density at radius 2 is 2.30 bits per heavy atom. The number of likely N-dealkylation sites (tertiary alicyclic amines) is 1. The number of carbonyl (C=O) groups excluding carboxylic acids is 1. The van der Waals surface area contributed by atoms with Crippen LogP contribution in [-0.2, 0) is 4.79 Å². The molecule has 1 fully saturated rings. The number of carbonyl (C=O) groups is 1. The summed E-state index contributed by atoms with van der Waals surface area (Å²) in [4.78, 5) is 13.2. The number of ether oxygens (including phenoxy) is 1. The first kappa shape index (κ1) is 14.8. The lowest BCUT2D eigenvalue weighted by atomic mass is 9.89. The van der Waals surface area contributed by atoms with Crippen molar-refractivity contribution in [3.63, 3.8) is 0 Å². The number of aliphatic hydroxyl groups is 1. The van der Waals surface area contributed by atoms with Gasteiger partial charge in [0.2, 0.25) is 5.91 Å². The molecular weight excluding hydrogens is 261 g/mol. The van der Waals surface area contributed by atoms with Gasteiger partial charge in [0, 0.05) is 25.1 Å². The molecule has 1 saturated heterocycles. The van der Waals surface area contributed by atoms with Crippen LogP contribution in [0.1, 0.15) is 29.9 Å². The Kier molecular flexibility index (Phi) is 4.60. The van der Waals surface area contributed by atoms with Crippen molar-refractivity contribution in [1.29, 1.82) is 0 Å². The highest BCUT2D eigenvalue weighted by Crippen LogP contribution is 2.32. The molecule has 1 aromatic carbocycles. The number of piperidine rings is 1. The van der Waals surface area contributed by atoms with Crippen LogP contribution in [0.25, 0.3) is 0 Å². The van der Waals surface area contributed by atoms with Gasteiger partial charge in [0.25, 0.3) is 0 Å². The van der Waals surface area contributed by atoms with E-state index in [2.05, 4.69) is 0 Å². The number of aliphatic hydroxyl groups excluding tert-OH is 1. The van der Waals surface area contributed by atoms with Gasteiger partial charge in [0.05, 0.1) is 7.11 Å². The minimum absolute atomic E-state index is 0.0242. The number of hydrogen-bond donors (Lipinski definition) is 1. The van der Waals surface area contributed by atoms with Gasteiger partial charge in [-0.2, -0.15) is 0 Å². The molecule has 1 aliphatic rings. The average Bonchev–Trinajstić information content (AvgIpc) is 2.48. The maximum Gasteiger partial charge on any atom is 0.248 e. The van der Waals surface area contributed by atoms with E-state index in [1.165, 1.54) is 13.2 Å². The van der Waals surface area contributed by atoms with E-state index in [9.17, 15) is 9.18 Å². The van der Waals surface area contributed by atoms with E-state index >= 15 is 0 Å². The molecule has 1 atom stereocenters. The van der Waals surface area contributed by atoms with Crippen molar-refractivity contribution in [2.45, 2.75) is 25.7 Å². The van der Waals surface area contributed by atoms with Crippen LogP contribution >= 0.6 is 0 Å². The second-order valence-electron chi connectivity index (χ2n) is 5.18. The first-order valence-electron chi connectivity index (χ1n) is 6.79. The molecule has 4 nitrogen and oxygen atoms in total. The number of amides is 1. The molecule has 1 aromatic rings. The Labute approximate surface area is 118 Å². The minimum atomic E-state index is -0.489. The summed E-state index contributed by atoms with van der Waals surface area (Å²) in [5, 5.41) is 8.93. The lowest BCUT2D eigenvalue weighted by Crippen LogP contribution is -2.40. The second-order valence-corrected chi connectivity index (χ2v) is 5.18. The number of hydrogen-bond acceptors (Lipinski definition) is 3. The van der Waals surface area contributed by atoms with E-state index in [1.807, 2.05) is 6.92 Å². The first-order valence-corrected chi connectivity index (χ1v) is 6.79. The van der Waals surface area contributed by atoms with Crippen molar-refractivity contribution < 1.29 is 19.0 Å². The van der Waals surface area contributed by atoms with Gasteiger partial charge >= 0.3 is 0 Å². The van der Waals surface area contributed by atoms with Crippen molar-refractivity contribution in [1.82, 2.24) is 4.90 Å². The molecule has 2 rings (SSSR count). The van der Waals surface area contributed by atoms with E-state index in [0.717, 1.165) is 18.4 Å². The smallest absolute Gasteiger partial charge is 0.248 e. The second kappa shape index (κ2) is 6.22. The van der Waals surface area contributed by atoms with Gasteiger partial charge in [-0.15, -0.1) is 0 Å². The molecule has 1 unspecified atom stereocenters. The van der Waals surface area contributed by atoms with E-state index < -0.39 is 6.61 Å². The third-order valence-electron chi connectivity index (χ3n) is 3.86. The van der Waals surface area contributed by atoms with Gasteiger partial charge in [0.15, 0.2) is 0 Å². The summed E-state index contributed by atoms with van der Waals surface area (Å²) in [7, 11) is 1.52. The molecule has 1 amide bonds. The van der Waals surface area contributed by atoms with E-state index in [0.29, 0.717) is 24.4 Å². The van der Waals surface area contributed by atoms with Gasteiger partial charge in [-0.3, -0.25) is 4.79 Å². The first-order chi connectivity index (χ1) is 9.56. The molecule has 110 valence electrons. The van der Waals surface area contributed by atoms with Crippen LogP contribution in [0.5, 0.6) is 5.75 Å². The summed E-state index contributed by atoms with van der Waals surface area (Å²) in [5.41, 5.74) is 1.51. The molecule has 0 radical (unpaired) electrons. The van der Waals surface area contributed by atoms with Gasteiger partial charge in [-0.1, -0.05) is 0 Å². The Morgan fingerprint density at radius 1 is 1.55 bits per heavy atom. The Balaban J connectivity index is 2.23. The summed E-state index contributed by atoms with van der Waals surface area (Å²) in [6, 6.07) is 3.20. The van der Waals surface area contributed by atoms with E-state index in [4.69, 9.17) is 9.84 Å². The fourth-order valence-electron chi connectivity index (χ4n) is 2.78. The van der Waals surface area contributed by atoms with Gasteiger partial charge in [-0.25, -0.2) is 4.39 Å². The molecule has 1 aliphatic heterocycles. The van der Waals surface area contributed by atoms with Crippen molar-refractivity contribution in [2.24, 2.45) is 0 Å². The zero-order valence-electron chi connectivity index (χ0n) is 11.9. The van der Waals surface area contributed by atoms with Crippen LogP contribution in [0.15, 0.2) is 12.1 Å². The molecule has 0 spiro atoms. The molecule has 20 heavy (non-hydrogen) atoms. The van der Waals surface area contributed by atoms with Crippen LogP contribution in [0.4, 0.5) is 4.39 Å². The fraction of sp³-hybridized carbons (Fsp3) is 0.533. The van der Waals surface area contributed by atoms with Gasteiger partial charge in [-0.05, 0) is 37.0 Å². The number of aryl methyl sites for hydroxylation is 1. The SMILES string of the molecule is COc1cc(F)c(C2CCCN(C(=O)CO)C2)cc1C. The predicted molar refractivity (Wildman–Crippen MR) is 73.3 cm³/mol. The highest BCUT2D eigenvalue weighted by molar-refractivity contribution is 5.77. The molecule has 1 N–H and O–H groups in total. The predicted octanol–water partition coefficient (Wildman–Crippen LogP) is 1.84. The molecule has 0 saturated carbocycles.